The Morgan fingerprint density at radius 2 is 1.77 bits per heavy atom. The Kier molecular flexibility index (Phi) is 12.4. The van der Waals surface area contributed by atoms with E-state index in [-0.39, 0.29) is 22.6 Å². The summed E-state index contributed by atoms with van der Waals surface area (Å²) in [4.78, 5) is 37.3. The lowest BCUT2D eigenvalue weighted by Gasteiger charge is -2.39. The van der Waals surface area contributed by atoms with Crippen molar-refractivity contribution >= 4 is 72.6 Å². The first-order valence-electron chi connectivity index (χ1n) is 20.8. The average molecular weight is 867 g/mol. The van der Waals surface area contributed by atoms with Crippen LogP contribution in [-0.4, -0.2) is 86.6 Å². The number of hydrogen-bond acceptors (Lipinski definition) is 11. The molecule has 5 aromatic rings. The molecule has 14 nitrogen and oxygen atoms in total. The number of rotatable bonds is 13. The van der Waals surface area contributed by atoms with E-state index in [2.05, 4.69) is 61.1 Å². The van der Waals surface area contributed by atoms with Crippen LogP contribution in [0.4, 0.5) is 28.4 Å². The Labute approximate surface area is 360 Å². The number of anilines is 4. The van der Waals surface area contributed by atoms with E-state index in [4.69, 9.17) is 16.3 Å². The third kappa shape index (κ3) is 10.0. The lowest BCUT2D eigenvalue weighted by molar-refractivity contribution is -0.384. The first kappa shape index (κ1) is 42.2. The summed E-state index contributed by atoms with van der Waals surface area (Å²) in [6.45, 7) is 10.5. The van der Waals surface area contributed by atoms with Crippen molar-refractivity contribution in [3.05, 3.63) is 117 Å². The van der Waals surface area contributed by atoms with Gasteiger partial charge in [0, 0.05) is 80.8 Å². The number of pyridine rings is 1. The molecule has 4 heterocycles. The molecule has 3 aromatic carbocycles. The van der Waals surface area contributed by atoms with Gasteiger partial charge in [-0.2, -0.15) is 0 Å². The highest BCUT2D eigenvalue weighted by Gasteiger charge is 2.30. The summed E-state index contributed by atoms with van der Waals surface area (Å²) in [5, 5.41) is 20.1. The summed E-state index contributed by atoms with van der Waals surface area (Å²) >= 11 is 6.24. The van der Waals surface area contributed by atoms with E-state index in [1.807, 2.05) is 36.4 Å². The van der Waals surface area contributed by atoms with Gasteiger partial charge in [0.1, 0.15) is 11.3 Å². The molecule has 2 saturated heterocycles. The standard InChI is InChI=1S/C45H51ClN8O6S/c1-45(2)15-11-33(39(26-45)31-3-5-34(46)6-4-31)29-52-17-19-53(20-18-52)36-7-9-38(41(24-36)50-35-23-32-12-16-47-43(32)49-28-35)44(55)51-61(58,59)37-8-10-40(42(25-37)54(56)57)48-27-30-13-21-60-22-14-30/h3-10,12,16,23-25,28,30,48,50H,11,13-15,17-22,26-27,29H2,1-2H3,(H,47,49)(H,51,55). The maximum atomic E-state index is 13.9. The predicted molar refractivity (Wildman–Crippen MR) is 240 cm³/mol. The number of aromatic amines is 1. The monoisotopic (exact) mass is 866 g/mol. The zero-order valence-corrected chi connectivity index (χ0v) is 35.9. The number of benzene rings is 3. The number of fused-ring (bicyclic) bond motifs is 1. The van der Waals surface area contributed by atoms with Crippen molar-refractivity contribution in [2.24, 2.45) is 11.3 Å². The number of piperazine rings is 1. The van der Waals surface area contributed by atoms with Crippen LogP contribution in [-0.2, 0) is 14.8 Å². The van der Waals surface area contributed by atoms with Gasteiger partial charge in [-0.25, -0.2) is 18.1 Å². The molecule has 1 aliphatic carbocycles. The van der Waals surface area contributed by atoms with Gasteiger partial charge >= 0.3 is 0 Å². The molecule has 0 spiro atoms. The van der Waals surface area contributed by atoms with E-state index in [1.54, 1.807) is 18.5 Å². The molecule has 4 N–H and O–H groups in total. The summed E-state index contributed by atoms with van der Waals surface area (Å²) < 4.78 is 34.9. The molecule has 3 aliphatic rings. The van der Waals surface area contributed by atoms with Crippen LogP contribution < -0.4 is 20.3 Å². The Bertz CT molecular complexity index is 2560. The summed E-state index contributed by atoms with van der Waals surface area (Å²) in [6, 6.07) is 20.9. The number of nitrogens with one attached hydrogen (secondary N) is 4. The lowest BCUT2D eigenvalue weighted by Crippen LogP contribution is -2.47. The van der Waals surface area contributed by atoms with Gasteiger partial charge < -0.3 is 25.3 Å². The van der Waals surface area contributed by atoms with Crippen LogP contribution in [0.2, 0.25) is 5.02 Å². The van der Waals surface area contributed by atoms with Gasteiger partial charge in [-0.3, -0.25) is 19.8 Å². The fourth-order valence-electron chi connectivity index (χ4n) is 8.51. The van der Waals surface area contributed by atoms with E-state index < -0.39 is 31.4 Å². The average Bonchev–Trinajstić information content (AvgIpc) is 3.72. The van der Waals surface area contributed by atoms with Crippen LogP contribution in [0.3, 0.4) is 0 Å². The largest absolute Gasteiger partial charge is 0.381 e. The predicted octanol–water partition coefficient (Wildman–Crippen LogP) is 8.61. The van der Waals surface area contributed by atoms with Crippen molar-refractivity contribution in [1.82, 2.24) is 19.6 Å². The highest BCUT2D eigenvalue weighted by Crippen LogP contribution is 2.43. The number of H-pyrrole nitrogens is 1. The fraction of sp³-hybridized carbons (Fsp3) is 0.378. The quantitative estimate of drug-likeness (QED) is 0.0659. The van der Waals surface area contributed by atoms with Crippen molar-refractivity contribution in [2.45, 2.75) is 50.8 Å². The minimum absolute atomic E-state index is 0.0752. The van der Waals surface area contributed by atoms with Crippen LogP contribution in [0.1, 0.15) is 61.9 Å². The van der Waals surface area contributed by atoms with Crippen molar-refractivity contribution in [2.75, 3.05) is 68.0 Å². The van der Waals surface area contributed by atoms with E-state index in [0.717, 1.165) is 87.0 Å². The highest BCUT2D eigenvalue weighted by molar-refractivity contribution is 7.90. The second-order valence-corrected chi connectivity index (χ2v) is 19.1. The van der Waals surface area contributed by atoms with Gasteiger partial charge in [0.05, 0.1) is 33.0 Å². The Morgan fingerprint density at radius 1 is 1.00 bits per heavy atom. The number of allylic oxidation sites excluding steroid dienone is 1. The number of halogens is 1. The molecule has 61 heavy (non-hydrogen) atoms. The number of aromatic nitrogens is 2. The molecular weight excluding hydrogens is 816 g/mol. The fourth-order valence-corrected chi connectivity index (χ4v) is 9.62. The number of nitro benzene ring substituents is 1. The second-order valence-electron chi connectivity index (χ2n) is 17.0. The number of amides is 1. The summed E-state index contributed by atoms with van der Waals surface area (Å²) in [5.74, 6) is -0.609. The van der Waals surface area contributed by atoms with Crippen molar-refractivity contribution in [1.29, 1.82) is 0 Å². The minimum Gasteiger partial charge on any atom is -0.381 e. The second kappa shape index (κ2) is 17.9. The maximum absolute atomic E-state index is 13.9. The van der Waals surface area contributed by atoms with Crippen LogP contribution >= 0.6 is 11.6 Å². The van der Waals surface area contributed by atoms with E-state index >= 15 is 0 Å². The van der Waals surface area contributed by atoms with Gasteiger partial charge in [0.2, 0.25) is 0 Å². The van der Waals surface area contributed by atoms with Crippen LogP contribution in [0.25, 0.3) is 16.6 Å². The number of nitro groups is 1. The van der Waals surface area contributed by atoms with E-state index in [1.165, 1.54) is 28.8 Å². The molecular formula is C45H51ClN8O6S. The molecule has 2 fully saturated rings. The molecule has 320 valence electrons. The van der Waals surface area contributed by atoms with Gasteiger partial charge in [-0.1, -0.05) is 43.2 Å². The Morgan fingerprint density at radius 3 is 2.52 bits per heavy atom. The van der Waals surface area contributed by atoms with Gasteiger partial charge in [0.25, 0.3) is 21.6 Å². The molecule has 0 saturated carbocycles. The summed E-state index contributed by atoms with van der Waals surface area (Å²) in [6.07, 6.45) is 8.30. The summed E-state index contributed by atoms with van der Waals surface area (Å²) in [7, 11) is -4.52. The van der Waals surface area contributed by atoms with Crippen LogP contribution in [0.5, 0.6) is 0 Å². The minimum atomic E-state index is -4.52. The number of carbonyl (C=O) groups excluding carboxylic acids is 1. The first-order chi connectivity index (χ1) is 29.3. The van der Waals surface area contributed by atoms with Gasteiger partial charge in [-0.05, 0) is 109 Å². The third-order valence-electron chi connectivity index (χ3n) is 12.1. The van der Waals surface area contributed by atoms with E-state index in [9.17, 15) is 23.3 Å². The Balaban J connectivity index is 1.00. The van der Waals surface area contributed by atoms with E-state index in [0.29, 0.717) is 36.8 Å². The first-order valence-corrected chi connectivity index (χ1v) is 22.6. The Hall–Kier alpha value is -5.48. The number of nitrogens with zero attached hydrogens (tertiary/aromatic N) is 4. The smallest absolute Gasteiger partial charge is 0.293 e. The SMILES string of the molecule is CC1(C)CCC(CN2CCN(c3ccc(C(=O)NS(=O)(=O)c4ccc(NCC5CCOCC5)c([N+](=O)[O-])c4)c(Nc4cnc5[nH]ccc5c4)c3)CC2)=C(c2ccc(Cl)cc2)C1. The van der Waals surface area contributed by atoms with Gasteiger partial charge in [0.15, 0.2) is 0 Å². The number of hydrogen-bond donors (Lipinski definition) is 4. The van der Waals surface area contributed by atoms with Crippen molar-refractivity contribution in [3.8, 4) is 0 Å². The summed E-state index contributed by atoms with van der Waals surface area (Å²) in [5.41, 5.74) is 6.80. The molecule has 0 unspecified atom stereocenters. The molecule has 2 aromatic heterocycles. The molecule has 0 bridgehead atoms. The highest BCUT2D eigenvalue weighted by atomic mass is 35.5. The zero-order valence-electron chi connectivity index (χ0n) is 34.4. The lowest BCUT2D eigenvalue weighted by atomic mass is 9.72. The van der Waals surface area contributed by atoms with Crippen molar-refractivity contribution < 1.29 is 22.9 Å². The normalized spacial score (nSPS) is 17.7. The topological polar surface area (TPSA) is 175 Å². The third-order valence-corrected chi connectivity index (χ3v) is 13.7. The number of ether oxygens (including phenoxy) is 1. The number of sulfonamides is 1. The molecule has 16 heteroatoms. The molecule has 1 amide bonds. The maximum Gasteiger partial charge on any atom is 0.293 e. The molecule has 0 radical (unpaired) electrons. The molecule has 8 rings (SSSR count). The zero-order chi connectivity index (χ0) is 42.7. The molecule has 2 aliphatic heterocycles. The van der Waals surface area contributed by atoms with Crippen LogP contribution in [0, 0.1) is 21.4 Å². The van der Waals surface area contributed by atoms with Crippen molar-refractivity contribution in [3.63, 3.8) is 0 Å². The number of carbonyl (C=O) groups is 1. The van der Waals surface area contributed by atoms with Crippen LogP contribution in [0.15, 0.2) is 95.7 Å². The van der Waals surface area contributed by atoms with Gasteiger partial charge in [-0.15, -0.1) is 0 Å². The molecule has 0 atom stereocenters.